The molecule has 1 N–H and O–H groups in total. The van der Waals surface area contributed by atoms with Gasteiger partial charge in [0, 0.05) is 0 Å². The van der Waals surface area contributed by atoms with Crippen molar-refractivity contribution in [3.8, 4) is 12.3 Å². The standard InChI is InChI=1S/C9H17N/c1-5-7-8(3)9(6-2)10-4/h2,8-10H,5,7H2,1,3-4H3. The summed E-state index contributed by atoms with van der Waals surface area (Å²) in [6.07, 6.45) is 7.72. The Balaban J connectivity index is 3.67. The predicted molar refractivity (Wildman–Crippen MR) is 45.8 cm³/mol. The Hall–Kier alpha value is -0.480. The van der Waals surface area contributed by atoms with Crippen LogP contribution in [-0.2, 0) is 0 Å². The van der Waals surface area contributed by atoms with E-state index in [-0.39, 0.29) is 6.04 Å². The second-order valence-electron chi connectivity index (χ2n) is 2.70. The molecule has 0 saturated heterocycles. The summed E-state index contributed by atoms with van der Waals surface area (Å²) in [6.45, 7) is 4.37. The molecule has 0 rings (SSSR count). The van der Waals surface area contributed by atoms with Crippen molar-refractivity contribution in [1.29, 1.82) is 0 Å². The fraction of sp³-hybridized carbons (Fsp3) is 0.778. The summed E-state index contributed by atoms with van der Waals surface area (Å²) in [5.41, 5.74) is 0. The molecule has 0 aromatic rings. The molecular formula is C9H17N. The first-order valence-corrected chi connectivity index (χ1v) is 3.89. The molecule has 0 bridgehead atoms. The maximum Gasteiger partial charge on any atom is 0.0710 e. The van der Waals surface area contributed by atoms with E-state index in [0.29, 0.717) is 5.92 Å². The molecule has 0 aromatic carbocycles. The van der Waals surface area contributed by atoms with Gasteiger partial charge in [-0.25, -0.2) is 0 Å². The van der Waals surface area contributed by atoms with Crippen LogP contribution >= 0.6 is 0 Å². The highest BCUT2D eigenvalue weighted by molar-refractivity contribution is 5.00. The summed E-state index contributed by atoms with van der Waals surface area (Å²) in [6, 6.07) is 0.250. The van der Waals surface area contributed by atoms with Crippen LogP contribution in [0, 0.1) is 18.3 Å². The maximum atomic E-state index is 5.30. The predicted octanol–water partition coefficient (Wildman–Crippen LogP) is 1.64. The number of terminal acetylenes is 1. The molecule has 0 amide bonds. The Labute approximate surface area is 64.2 Å². The largest absolute Gasteiger partial charge is 0.307 e. The van der Waals surface area contributed by atoms with E-state index in [1.807, 2.05) is 7.05 Å². The van der Waals surface area contributed by atoms with Crippen molar-refractivity contribution < 1.29 is 0 Å². The van der Waals surface area contributed by atoms with Crippen LogP contribution in [0.5, 0.6) is 0 Å². The number of hydrogen-bond donors (Lipinski definition) is 1. The minimum atomic E-state index is 0.250. The zero-order valence-corrected chi connectivity index (χ0v) is 7.15. The van der Waals surface area contributed by atoms with Gasteiger partial charge in [-0.15, -0.1) is 6.42 Å². The molecule has 2 atom stereocenters. The summed E-state index contributed by atoms with van der Waals surface area (Å²) in [7, 11) is 1.91. The van der Waals surface area contributed by atoms with E-state index >= 15 is 0 Å². The molecule has 1 heteroatoms. The molecule has 0 aliphatic heterocycles. The van der Waals surface area contributed by atoms with E-state index < -0.39 is 0 Å². The van der Waals surface area contributed by atoms with E-state index in [1.165, 1.54) is 12.8 Å². The third kappa shape index (κ3) is 2.89. The average Bonchev–Trinajstić information content (AvgIpc) is 1.91. The van der Waals surface area contributed by atoms with Gasteiger partial charge in [-0.1, -0.05) is 26.2 Å². The minimum absolute atomic E-state index is 0.250. The SMILES string of the molecule is C#CC(NC)C(C)CCC. The smallest absolute Gasteiger partial charge is 0.0710 e. The Morgan fingerprint density at radius 1 is 1.60 bits per heavy atom. The molecule has 0 aromatic heterocycles. The lowest BCUT2D eigenvalue weighted by Gasteiger charge is -2.16. The molecule has 0 aliphatic carbocycles. The van der Waals surface area contributed by atoms with Crippen molar-refractivity contribution in [1.82, 2.24) is 5.32 Å². The summed E-state index contributed by atoms with van der Waals surface area (Å²) < 4.78 is 0. The van der Waals surface area contributed by atoms with Crippen molar-refractivity contribution in [2.75, 3.05) is 7.05 Å². The first-order chi connectivity index (χ1) is 4.76. The lowest BCUT2D eigenvalue weighted by atomic mass is 9.98. The van der Waals surface area contributed by atoms with E-state index in [0.717, 1.165) is 0 Å². The molecule has 0 fully saturated rings. The zero-order chi connectivity index (χ0) is 7.98. The third-order valence-electron chi connectivity index (χ3n) is 1.80. The second kappa shape index (κ2) is 5.32. The van der Waals surface area contributed by atoms with Crippen molar-refractivity contribution >= 4 is 0 Å². The molecule has 0 heterocycles. The molecule has 10 heavy (non-hydrogen) atoms. The van der Waals surface area contributed by atoms with E-state index in [2.05, 4.69) is 25.1 Å². The molecule has 58 valence electrons. The Kier molecular flexibility index (Phi) is 5.06. The van der Waals surface area contributed by atoms with Crippen LogP contribution in [0.2, 0.25) is 0 Å². The van der Waals surface area contributed by atoms with Gasteiger partial charge < -0.3 is 5.32 Å². The molecule has 0 radical (unpaired) electrons. The lowest BCUT2D eigenvalue weighted by molar-refractivity contribution is 0.438. The van der Waals surface area contributed by atoms with Gasteiger partial charge >= 0.3 is 0 Å². The molecular weight excluding hydrogens is 122 g/mol. The van der Waals surface area contributed by atoms with Crippen molar-refractivity contribution in [3.63, 3.8) is 0 Å². The van der Waals surface area contributed by atoms with Gasteiger partial charge in [0.1, 0.15) is 0 Å². The van der Waals surface area contributed by atoms with Crippen LogP contribution in [-0.4, -0.2) is 13.1 Å². The zero-order valence-electron chi connectivity index (χ0n) is 7.15. The number of rotatable bonds is 4. The topological polar surface area (TPSA) is 12.0 Å². The van der Waals surface area contributed by atoms with Gasteiger partial charge in [-0.3, -0.25) is 0 Å². The van der Waals surface area contributed by atoms with Crippen molar-refractivity contribution in [3.05, 3.63) is 0 Å². The first-order valence-electron chi connectivity index (χ1n) is 3.89. The van der Waals surface area contributed by atoms with Crippen LogP contribution in [0.3, 0.4) is 0 Å². The average molecular weight is 139 g/mol. The summed E-state index contributed by atoms with van der Waals surface area (Å²) in [5, 5.41) is 3.10. The van der Waals surface area contributed by atoms with E-state index in [4.69, 9.17) is 6.42 Å². The highest BCUT2D eigenvalue weighted by Gasteiger charge is 2.09. The van der Waals surface area contributed by atoms with Crippen LogP contribution in [0.25, 0.3) is 0 Å². The molecule has 1 nitrogen and oxygen atoms in total. The normalized spacial score (nSPS) is 15.8. The summed E-state index contributed by atoms with van der Waals surface area (Å²) in [5.74, 6) is 3.32. The van der Waals surface area contributed by atoms with E-state index in [9.17, 15) is 0 Å². The Morgan fingerprint density at radius 3 is 2.50 bits per heavy atom. The van der Waals surface area contributed by atoms with Crippen LogP contribution < -0.4 is 5.32 Å². The number of nitrogens with one attached hydrogen (secondary N) is 1. The molecule has 0 spiro atoms. The van der Waals surface area contributed by atoms with Gasteiger partial charge in [-0.2, -0.15) is 0 Å². The van der Waals surface area contributed by atoms with Gasteiger partial charge in [0.15, 0.2) is 0 Å². The van der Waals surface area contributed by atoms with Crippen molar-refractivity contribution in [2.24, 2.45) is 5.92 Å². The van der Waals surface area contributed by atoms with Gasteiger partial charge in [0.2, 0.25) is 0 Å². The first kappa shape index (κ1) is 9.52. The second-order valence-corrected chi connectivity index (χ2v) is 2.70. The fourth-order valence-corrected chi connectivity index (χ4v) is 1.15. The molecule has 0 aliphatic rings. The summed E-state index contributed by atoms with van der Waals surface area (Å²) in [4.78, 5) is 0. The van der Waals surface area contributed by atoms with Crippen LogP contribution in [0.15, 0.2) is 0 Å². The lowest BCUT2D eigenvalue weighted by Crippen LogP contribution is -2.30. The molecule has 0 saturated carbocycles. The maximum absolute atomic E-state index is 5.30. The Bertz CT molecular complexity index is 112. The van der Waals surface area contributed by atoms with Crippen molar-refractivity contribution in [2.45, 2.75) is 32.7 Å². The highest BCUT2D eigenvalue weighted by atomic mass is 14.9. The minimum Gasteiger partial charge on any atom is -0.307 e. The van der Waals surface area contributed by atoms with Crippen LogP contribution in [0.4, 0.5) is 0 Å². The van der Waals surface area contributed by atoms with Crippen LogP contribution in [0.1, 0.15) is 26.7 Å². The molecule has 2 unspecified atom stereocenters. The highest BCUT2D eigenvalue weighted by Crippen LogP contribution is 2.08. The van der Waals surface area contributed by atoms with Gasteiger partial charge in [0.25, 0.3) is 0 Å². The van der Waals surface area contributed by atoms with Gasteiger partial charge in [0.05, 0.1) is 6.04 Å². The number of hydrogen-bond acceptors (Lipinski definition) is 1. The van der Waals surface area contributed by atoms with Gasteiger partial charge in [-0.05, 0) is 19.4 Å². The fourth-order valence-electron chi connectivity index (χ4n) is 1.15. The third-order valence-corrected chi connectivity index (χ3v) is 1.80. The monoisotopic (exact) mass is 139 g/mol. The summed E-state index contributed by atoms with van der Waals surface area (Å²) >= 11 is 0. The Morgan fingerprint density at radius 2 is 2.20 bits per heavy atom. The van der Waals surface area contributed by atoms with E-state index in [1.54, 1.807) is 0 Å². The quantitative estimate of drug-likeness (QED) is 0.584.